The topological polar surface area (TPSA) is 98.1 Å². The largest absolute Gasteiger partial charge is 0.497 e. The third-order valence-electron chi connectivity index (χ3n) is 4.72. The minimum atomic E-state index is -0.644. The molecule has 1 heterocycles. The van der Waals surface area contributed by atoms with Crippen LogP contribution in [0.3, 0.4) is 0 Å². The zero-order chi connectivity index (χ0) is 21.7. The minimum absolute atomic E-state index is 0.0221. The molecular weight excluding hydrogens is 388 g/mol. The number of rotatable bonds is 7. The second-order valence-electron chi connectivity index (χ2n) is 6.57. The van der Waals surface area contributed by atoms with E-state index >= 15 is 0 Å². The van der Waals surface area contributed by atoms with Gasteiger partial charge in [-0.15, -0.1) is 0 Å². The number of nitriles is 1. The number of hydrogen-bond acceptors (Lipinski definition) is 7. The molecular formula is C22H22N2O6. The molecule has 1 aliphatic heterocycles. The summed E-state index contributed by atoms with van der Waals surface area (Å²) in [6, 6.07) is 11.7. The summed E-state index contributed by atoms with van der Waals surface area (Å²) in [5.74, 6) is 0.213. The van der Waals surface area contributed by atoms with Crippen LogP contribution in [0, 0.1) is 17.2 Å². The highest BCUT2D eigenvalue weighted by atomic mass is 16.6. The van der Waals surface area contributed by atoms with E-state index in [0.717, 1.165) is 0 Å². The van der Waals surface area contributed by atoms with Crippen LogP contribution in [0.5, 0.6) is 23.0 Å². The van der Waals surface area contributed by atoms with E-state index in [-0.39, 0.29) is 24.6 Å². The van der Waals surface area contributed by atoms with Crippen molar-refractivity contribution in [3.63, 3.8) is 0 Å². The van der Waals surface area contributed by atoms with Gasteiger partial charge >= 0.3 is 5.97 Å². The van der Waals surface area contributed by atoms with Crippen LogP contribution in [-0.2, 0) is 9.59 Å². The number of carbonyl (C=O) groups is 2. The molecule has 8 heteroatoms. The van der Waals surface area contributed by atoms with Gasteiger partial charge in [0, 0.05) is 25.1 Å². The molecule has 8 nitrogen and oxygen atoms in total. The van der Waals surface area contributed by atoms with E-state index in [1.54, 1.807) is 38.3 Å². The van der Waals surface area contributed by atoms with E-state index in [2.05, 4.69) is 0 Å². The smallest absolute Gasteiger partial charge is 0.316 e. The minimum Gasteiger partial charge on any atom is -0.497 e. The second-order valence-corrected chi connectivity index (χ2v) is 6.57. The molecule has 156 valence electrons. The van der Waals surface area contributed by atoms with E-state index in [9.17, 15) is 9.59 Å². The lowest BCUT2D eigenvalue weighted by Crippen LogP contribution is -2.27. The first-order valence-electron chi connectivity index (χ1n) is 9.41. The van der Waals surface area contributed by atoms with Crippen molar-refractivity contribution in [2.24, 2.45) is 5.92 Å². The summed E-state index contributed by atoms with van der Waals surface area (Å²) in [6.45, 7) is 2.31. The molecule has 1 aliphatic rings. The predicted octanol–water partition coefficient (Wildman–Crippen LogP) is 2.93. The molecule has 30 heavy (non-hydrogen) atoms. The Bertz CT molecular complexity index is 998. The van der Waals surface area contributed by atoms with Crippen LogP contribution in [0.15, 0.2) is 36.4 Å². The summed E-state index contributed by atoms with van der Waals surface area (Å²) in [6.07, 6.45) is 0.0221. The number of hydrogen-bond donors (Lipinski definition) is 0. The Morgan fingerprint density at radius 2 is 1.93 bits per heavy atom. The number of ether oxygens (including phenoxy) is 4. The predicted molar refractivity (Wildman–Crippen MR) is 108 cm³/mol. The van der Waals surface area contributed by atoms with Crippen molar-refractivity contribution in [3.8, 4) is 29.1 Å². The average molecular weight is 410 g/mol. The molecule has 2 aromatic carbocycles. The lowest BCUT2D eigenvalue weighted by atomic mass is 10.1. The Morgan fingerprint density at radius 3 is 2.60 bits per heavy atom. The van der Waals surface area contributed by atoms with Gasteiger partial charge in [-0.05, 0) is 31.2 Å². The molecule has 0 spiro atoms. The zero-order valence-electron chi connectivity index (χ0n) is 17.0. The molecule has 1 fully saturated rings. The van der Waals surface area contributed by atoms with E-state index in [1.165, 1.54) is 24.1 Å². The van der Waals surface area contributed by atoms with Crippen LogP contribution in [0.2, 0.25) is 0 Å². The first-order valence-corrected chi connectivity index (χ1v) is 9.41. The van der Waals surface area contributed by atoms with Gasteiger partial charge in [-0.2, -0.15) is 5.26 Å². The lowest BCUT2D eigenvalue weighted by Gasteiger charge is -2.20. The van der Waals surface area contributed by atoms with Crippen molar-refractivity contribution in [1.82, 2.24) is 0 Å². The quantitative estimate of drug-likeness (QED) is 0.511. The number of anilines is 1. The normalized spacial score (nSPS) is 15.5. The van der Waals surface area contributed by atoms with Crippen LogP contribution in [-0.4, -0.2) is 39.2 Å². The van der Waals surface area contributed by atoms with Crippen LogP contribution in [0.25, 0.3) is 0 Å². The van der Waals surface area contributed by atoms with Crippen molar-refractivity contribution in [2.45, 2.75) is 13.3 Å². The highest BCUT2D eigenvalue weighted by molar-refractivity contribution is 6.00. The lowest BCUT2D eigenvalue weighted by molar-refractivity contribution is -0.139. The third kappa shape index (κ3) is 4.30. The molecule has 1 atom stereocenters. The van der Waals surface area contributed by atoms with Crippen molar-refractivity contribution >= 4 is 17.6 Å². The first kappa shape index (κ1) is 21.0. The van der Waals surface area contributed by atoms with Gasteiger partial charge in [0.05, 0.1) is 44.1 Å². The molecule has 0 radical (unpaired) electrons. The monoisotopic (exact) mass is 410 g/mol. The third-order valence-corrected chi connectivity index (χ3v) is 4.72. The van der Waals surface area contributed by atoms with Gasteiger partial charge in [0.1, 0.15) is 11.5 Å². The molecule has 0 bridgehead atoms. The number of benzene rings is 2. The van der Waals surface area contributed by atoms with Gasteiger partial charge in [-0.25, -0.2) is 0 Å². The van der Waals surface area contributed by atoms with Gasteiger partial charge in [0.15, 0.2) is 11.5 Å². The number of amides is 1. The van der Waals surface area contributed by atoms with Crippen LogP contribution >= 0.6 is 0 Å². The van der Waals surface area contributed by atoms with E-state index in [1.807, 2.05) is 6.07 Å². The molecule has 0 saturated carbocycles. The maximum atomic E-state index is 12.7. The molecule has 0 aliphatic carbocycles. The Hall–Kier alpha value is -3.73. The molecule has 1 amide bonds. The fraction of sp³-hybridized carbons (Fsp3) is 0.318. The van der Waals surface area contributed by atoms with Gasteiger partial charge < -0.3 is 23.8 Å². The number of esters is 1. The van der Waals surface area contributed by atoms with Gasteiger partial charge in [0.2, 0.25) is 5.91 Å². The number of nitrogens with zero attached hydrogens (tertiary/aromatic N) is 2. The van der Waals surface area contributed by atoms with Crippen LogP contribution in [0.1, 0.15) is 18.9 Å². The fourth-order valence-corrected chi connectivity index (χ4v) is 3.23. The Labute approximate surface area is 174 Å². The number of carbonyl (C=O) groups excluding carboxylic acids is 2. The summed E-state index contributed by atoms with van der Waals surface area (Å²) < 4.78 is 21.5. The average Bonchev–Trinajstić information content (AvgIpc) is 3.16. The van der Waals surface area contributed by atoms with E-state index < -0.39 is 11.9 Å². The van der Waals surface area contributed by atoms with Gasteiger partial charge in [-0.1, -0.05) is 0 Å². The van der Waals surface area contributed by atoms with Crippen molar-refractivity contribution < 1.29 is 28.5 Å². The summed E-state index contributed by atoms with van der Waals surface area (Å²) in [7, 11) is 3.05. The molecule has 3 rings (SSSR count). The highest BCUT2D eigenvalue weighted by Gasteiger charge is 2.37. The van der Waals surface area contributed by atoms with Crippen molar-refractivity contribution in [1.29, 1.82) is 5.26 Å². The number of methoxy groups -OCH3 is 2. The molecule has 0 aromatic heterocycles. The SMILES string of the molecule is CCOc1cc(C#N)ccc1OC(=O)C1CC(=O)N(c2ccc(OC)cc2OC)C1. The first-order chi connectivity index (χ1) is 14.5. The summed E-state index contributed by atoms with van der Waals surface area (Å²) in [4.78, 5) is 26.8. The van der Waals surface area contributed by atoms with Crippen LogP contribution < -0.4 is 23.8 Å². The fourth-order valence-electron chi connectivity index (χ4n) is 3.23. The van der Waals surface area contributed by atoms with E-state index in [0.29, 0.717) is 35.1 Å². The zero-order valence-corrected chi connectivity index (χ0v) is 17.0. The van der Waals surface area contributed by atoms with Crippen LogP contribution in [0.4, 0.5) is 5.69 Å². The molecule has 1 unspecified atom stereocenters. The maximum absolute atomic E-state index is 12.7. The second kappa shape index (κ2) is 9.18. The maximum Gasteiger partial charge on any atom is 0.316 e. The Kier molecular flexibility index (Phi) is 6.42. The van der Waals surface area contributed by atoms with Crippen molar-refractivity contribution in [3.05, 3.63) is 42.0 Å². The molecule has 0 N–H and O–H groups in total. The molecule has 1 saturated heterocycles. The molecule has 2 aromatic rings. The summed E-state index contributed by atoms with van der Waals surface area (Å²) >= 11 is 0. The standard InChI is InChI=1S/C22H22N2O6/c1-4-29-20-9-14(12-23)5-8-18(20)30-22(26)15-10-21(25)24(13-15)17-7-6-16(27-2)11-19(17)28-3/h5-9,11,15H,4,10,13H2,1-3H3. The van der Waals surface area contributed by atoms with Gasteiger partial charge in [-0.3, -0.25) is 9.59 Å². The summed E-state index contributed by atoms with van der Waals surface area (Å²) in [5, 5.41) is 9.04. The Balaban J connectivity index is 1.77. The van der Waals surface area contributed by atoms with E-state index in [4.69, 9.17) is 24.2 Å². The highest BCUT2D eigenvalue weighted by Crippen LogP contribution is 2.36. The van der Waals surface area contributed by atoms with Crippen molar-refractivity contribution in [2.75, 3.05) is 32.3 Å². The summed E-state index contributed by atoms with van der Waals surface area (Å²) in [5.41, 5.74) is 0.957. The Morgan fingerprint density at radius 1 is 1.13 bits per heavy atom. The van der Waals surface area contributed by atoms with Gasteiger partial charge in [0.25, 0.3) is 0 Å².